The van der Waals surface area contributed by atoms with E-state index in [1.165, 1.54) is 0 Å². The summed E-state index contributed by atoms with van der Waals surface area (Å²) in [6.45, 7) is 0.602. The van der Waals surface area contributed by atoms with Gasteiger partial charge >= 0.3 is 0 Å². The van der Waals surface area contributed by atoms with Crippen molar-refractivity contribution < 1.29 is 4.79 Å². The van der Waals surface area contributed by atoms with Crippen LogP contribution in [0.2, 0.25) is 5.02 Å². The highest BCUT2D eigenvalue weighted by molar-refractivity contribution is 7.98. The van der Waals surface area contributed by atoms with Crippen LogP contribution >= 0.6 is 23.4 Å². The molecule has 6 heteroatoms. The maximum atomic E-state index is 12.7. The number of hydrogen-bond acceptors (Lipinski definition) is 3. The molecule has 0 saturated carbocycles. The van der Waals surface area contributed by atoms with Crippen molar-refractivity contribution in [1.82, 2.24) is 9.78 Å². The first-order chi connectivity index (χ1) is 14.7. The fourth-order valence-corrected chi connectivity index (χ4v) is 3.97. The molecule has 1 amide bonds. The van der Waals surface area contributed by atoms with Crippen LogP contribution in [-0.4, -0.2) is 15.7 Å². The van der Waals surface area contributed by atoms with Crippen molar-refractivity contribution in [3.05, 3.63) is 113 Å². The van der Waals surface area contributed by atoms with Crippen molar-refractivity contribution in [3.8, 4) is 0 Å². The van der Waals surface area contributed by atoms with Gasteiger partial charge in [0.2, 0.25) is 0 Å². The van der Waals surface area contributed by atoms with Gasteiger partial charge in [-0.2, -0.15) is 5.10 Å². The topological polar surface area (TPSA) is 46.9 Å². The Morgan fingerprint density at radius 2 is 1.73 bits per heavy atom. The van der Waals surface area contributed by atoms with Crippen molar-refractivity contribution in [2.45, 2.75) is 17.2 Å². The lowest BCUT2D eigenvalue weighted by Crippen LogP contribution is -2.14. The summed E-state index contributed by atoms with van der Waals surface area (Å²) in [5.74, 6) is 0.704. The van der Waals surface area contributed by atoms with Crippen LogP contribution in [0.15, 0.2) is 96.2 Å². The average Bonchev–Trinajstić information content (AvgIpc) is 3.28. The minimum absolute atomic E-state index is 0.125. The minimum atomic E-state index is -0.125. The first-order valence-corrected chi connectivity index (χ1v) is 10.9. The lowest BCUT2D eigenvalue weighted by Gasteiger charge is -2.11. The lowest BCUT2D eigenvalue weighted by molar-refractivity contribution is 0.102. The van der Waals surface area contributed by atoms with Crippen LogP contribution in [0.5, 0.6) is 0 Å². The number of amides is 1. The normalized spacial score (nSPS) is 10.7. The Balaban J connectivity index is 1.39. The first-order valence-electron chi connectivity index (χ1n) is 9.51. The Hall–Kier alpha value is -3.02. The van der Waals surface area contributed by atoms with Crippen molar-refractivity contribution in [3.63, 3.8) is 0 Å². The number of halogens is 1. The average molecular weight is 434 g/mol. The number of thioether (sulfide) groups is 1. The number of anilines is 1. The Morgan fingerprint density at radius 3 is 2.47 bits per heavy atom. The molecule has 0 radical (unpaired) electrons. The van der Waals surface area contributed by atoms with E-state index in [2.05, 4.69) is 10.4 Å². The molecule has 0 spiro atoms. The summed E-state index contributed by atoms with van der Waals surface area (Å²) in [7, 11) is 0. The Morgan fingerprint density at radius 1 is 0.967 bits per heavy atom. The molecule has 0 aliphatic rings. The number of hydrogen-bond donors (Lipinski definition) is 1. The van der Waals surface area contributed by atoms with Crippen LogP contribution in [0.1, 0.15) is 21.5 Å². The van der Waals surface area contributed by atoms with Crippen molar-refractivity contribution >= 4 is 35.0 Å². The molecule has 3 aromatic carbocycles. The number of nitrogens with zero attached hydrogens (tertiary/aromatic N) is 2. The van der Waals surface area contributed by atoms with Gasteiger partial charge in [-0.25, -0.2) is 0 Å². The summed E-state index contributed by atoms with van der Waals surface area (Å²) in [5, 5.41) is 8.00. The second-order valence-corrected chi connectivity index (χ2v) is 8.24. The quantitative estimate of drug-likeness (QED) is 0.356. The van der Waals surface area contributed by atoms with E-state index in [-0.39, 0.29) is 5.91 Å². The molecular weight excluding hydrogens is 414 g/mol. The first kappa shape index (κ1) is 20.3. The van der Waals surface area contributed by atoms with Gasteiger partial charge in [0.1, 0.15) is 0 Å². The SMILES string of the molecule is O=C(Nc1ccccc1Cn1cccn1)c1ccc(CSc2ccc(Cl)cc2)cc1. The van der Waals surface area contributed by atoms with Gasteiger partial charge in [0.15, 0.2) is 0 Å². The summed E-state index contributed by atoms with van der Waals surface area (Å²) >= 11 is 7.66. The van der Waals surface area contributed by atoms with Crippen molar-refractivity contribution in [2.75, 3.05) is 5.32 Å². The number of carbonyl (C=O) groups excluding carboxylic acids is 1. The Labute approximate surface area is 184 Å². The van der Waals surface area contributed by atoms with Crippen LogP contribution < -0.4 is 5.32 Å². The Kier molecular flexibility index (Phi) is 6.52. The number of rotatable bonds is 7. The number of nitrogens with one attached hydrogen (secondary N) is 1. The van der Waals surface area contributed by atoms with Gasteiger partial charge < -0.3 is 5.32 Å². The van der Waals surface area contributed by atoms with E-state index in [0.29, 0.717) is 12.1 Å². The van der Waals surface area contributed by atoms with Crippen LogP contribution in [0.3, 0.4) is 0 Å². The molecule has 4 nitrogen and oxygen atoms in total. The van der Waals surface area contributed by atoms with E-state index in [1.807, 2.05) is 89.7 Å². The lowest BCUT2D eigenvalue weighted by atomic mass is 10.1. The molecule has 0 aliphatic carbocycles. The molecule has 1 heterocycles. The van der Waals surface area contributed by atoms with E-state index in [1.54, 1.807) is 18.0 Å². The molecular formula is C24H20ClN3OS. The zero-order valence-electron chi connectivity index (χ0n) is 16.2. The number of para-hydroxylation sites is 1. The van der Waals surface area contributed by atoms with E-state index in [0.717, 1.165) is 32.5 Å². The second-order valence-electron chi connectivity index (χ2n) is 6.75. The summed E-state index contributed by atoms with van der Waals surface area (Å²) in [6.07, 6.45) is 3.65. The third-order valence-electron chi connectivity index (χ3n) is 4.59. The molecule has 0 bridgehead atoms. The third-order valence-corrected chi connectivity index (χ3v) is 5.93. The maximum absolute atomic E-state index is 12.7. The molecule has 150 valence electrons. The Bertz CT molecular complexity index is 1110. The molecule has 0 aliphatic heterocycles. The third kappa shape index (κ3) is 5.32. The molecule has 4 rings (SSSR count). The van der Waals surface area contributed by atoms with E-state index < -0.39 is 0 Å². The molecule has 0 fully saturated rings. The summed E-state index contributed by atoms with van der Waals surface area (Å²) < 4.78 is 1.83. The fourth-order valence-electron chi connectivity index (χ4n) is 2.99. The smallest absolute Gasteiger partial charge is 0.255 e. The molecule has 30 heavy (non-hydrogen) atoms. The zero-order valence-corrected chi connectivity index (χ0v) is 17.7. The number of carbonyl (C=O) groups is 1. The van der Waals surface area contributed by atoms with Crippen molar-refractivity contribution in [1.29, 1.82) is 0 Å². The predicted octanol–water partition coefficient (Wildman–Crippen LogP) is 6.13. The highest BCUT2D eigenvalue weighted by Gasteiger charge is 2.10. The van der Waals surface area contributed by atoms with E-state index >= 15 is 0 Å². The highest BCUT2D eigenvalue weighted by atomic mass is 35.5. The van der Waals surface area contributed by atoms with Gasteiger partial charge in [0.25, 0.3) is 5.91 Å². The molecule has 0 unspecified atom stereocenters. The molecule has 0 saturated heterocycles. The molecule has 0 atom stereocenters. The molecule has 1 aromatic heterocycles. The largest absolute Gasteiger partial charge is 0.322 e. The fraction of sp³-hybridized carbons (Fsp3) is 0.0833. The van der Waals surface area contributed by atoms with Crippen LogP contribution in [0.4, 0.5) is 5.69 Å². The van der Waals surface area contributed by atoms with Crippen molar-refractivity contribution in [2.24, 2.45) is 0 Å². The van der Waals surface area contributed by atoms with Gasteiger partial charge in [-0.1, -0.05) is 41.9 Å². The van der Waals surface area contributed by atoms with E-state index in [9.17, 15) is 4.79 Å². The van der Waals surface area contributed by atoms with Gasteiger partial charge in [-0.3, -0.25) is 9.48 Å². The highest BCUT2D eigenvalue weighted by Crippen LogP contribution is 2.24. The monoisotopic (exact) mass is 433 g/mol. The molecule has 4 aromatic rings. The summed E-state index contributed by atoms with van der Waals surface area (Å²) in [6, 6.07) is 25.2. The standard InChI is InChI=1S/C24H20ClN3OS/c25-21-10-12-22(13-11-21)30-17-18-6-8-19(9-7-18)24(29)27-23-5-2-1-4-20(23)16-28-15-3-14-26-28/h1-15H,16-17H2,(H,27,29). The number of benzene rings is 3. The van der Waals surface area contributed by atoms with Gasteiger partial charge in [-0.05, 0) is 59.7 Å². The maximum Gasteiger partial charge on any atom is 0.255 e. The van der Waals surface area contributed by atoms with E-state index in [4.69, 9.17) is 11.6 Å². The minimum Gasteiger partial charge on any atom is -0.322 e. The van der Waals surface area contributed by atoms with Gasteiger partial charge in [0.05, 0.1) is 6.54 Å². The number of aromatic nitrogens is 2. The second kappa shape index (κ2) is 9.65. The van der Waals surface area contributed by atoms with Gasteiger partial charge in [-0.15, -0.1) is 11.8 Å². The molecule has 1 N–H and O–H groups in total. The summed E-state index contributed by atoms with van der Waals surface area (Å²) in [5.41, 5.74) is 3.58. The van der Waals surface area contributed by atoms with Gasteiger partial charge in [0, 0.05) is 39.3 Å². The van der Waals surface area contributed by atoms with Crippen LogP contribution in [0.25, 0.3) is 0 Å². The van der Waals surface area contributed by atoms with Crippen LogP contribution in [-0.2, 0) is 12.3 Å². The predicted molar refractivity (Wildman–Crippen MR) is 123 cm³/mol. The summed E-state index contributed by atoms with van der Waals surface area (Å²) in [4.78, 5) is 13.9. The van der Waals surface area contributed by atoms with Crippen LogP contribution in [0, 0.1) is 0 Å². The zero-order chi connectivity index (χ0) is 20.8.